The number of halogens is 1. The fraction of sp³-hybridized carbons (Fsp3) is 0.188. The second kappa shape index (κ2) is 4.84. The second-order valence-corrected chi connectivity index (χ2v) is 5.10. The van der Waals surface area contributed by atoms with Gasteiger partial charge in [0.25, 0.3) is 0 Å². The maximum atomic E-state index is 12.0. The van der Waals surface area contributed by atoms with E-state index in [9.17, 15) is 4.79 Å². The van der Waals surface area contributed by atoms with E-state index in [1.54, 1.807) is 13.0 Å². The maximum absolute atomic E-state index is 12.0. The van der Waals surface area contributed by atoms with Crippen molar-refractivity contribution in [3.05, 3.63) is 46.5 Å². The van der Waals surface area contributed by atoms with E-state index in [4.69, 9.17) is 16.3 Å². The molecule has 0 aliphatic rings. The number of esters is 1. The average molecular weight is 288 g/mol. The van der Waals surface area contributed by atoms with Crippen LogP contribution in [-0.2, 0) is 4.74 Å². The van der Waals surface area contributed by atoms with Crippen LogP contribution in [0, 0.1) is 6.92 Å². The molecule has 3 nitrogen and oxygen atoms in total. The van der Waals surface area contributed by atoms with Crippen molar-refractivity contribution in [1.82, 2.24) is 4.98 Å². The van der Waals surface area contributed by atoms with E-state index in [1.807, 2.05) is 31.2 Å². The van der Waals surface area contributed by atoms with Crippen molar-refractivity contribution in [2.24, 2.45) is 0 Å². The molecule has 0 saturated heterocycles. The standard InChI is InChI=1S/C16H14ClNO2/c1-3-20-16(19)11-6-4-5-10-13-12(17)8-7-9(2)14(13)18-15(10)11/h4-8,18H,3H2,1-2H3. The highest BCUT2D eigenvalue weighted by molar-refractivity contribution is 6.38. The van der Waals surface area contributed by atoms with Crippen molar-refractivity contribution in [3.63, 3.8) is 0 Å². The van der Waals surface area contributed by atoms with Gasteiger partial charge in [-0.2, -0.15) is 0 Å². The Kier molecular flexibility index (Phi) is 3.14. The SMILES string of the molecule is CCOC(=O)c1cccc2c1[nH]c1c(C)ccc(Cl)c12. The van der Waals surface area contributed by atoms with Gasteiger partial charge >= 0.3 is 5.97 Å². The van der Waals surface area contributed by atoms with Crippen molar-refractivity contribution < 1.29 is 9.53 Å². The summed E-state index contributed by atoms with van der Waals surface area (Å²) in [7, 11) is 0. The first-order chi connectivity index (χ1) is 9.63. The summed E-state index contributed by atoms with van der Waals surface area (Å²) < 4.78 is 5.10. The monoisotopic (exact) mass is 287 g/mol. The van der Waals surface area contributed by atoms with Crippen LogP contribution in [0.15, 0.2) is 30.3 Å². The summed E-state index contributed by atoms with van der Waals surface area (Å²) in [6, 6.07) is 9.41. The highest BCUT2D eigenvalue weighted by atomic mass is 35.5. The van der Waals surface area contributed by atoms with Crippen LogP contribution in [0.4, 0.5) is 0 Å². The van der Waals surface area contributed by atoms with Gasteiger partial charge in [0.15, 0.2) is 0 Å². The van der Waals surface area contributed by atoms with Gasteiger partial charge in [0, 0.05) is 10.8 Å². The number of aromatic nitrogens is 1. The lowest BCUT2D eigenvalue weighted by Gasteiger charge is -2.02. The molecular weight excluding hydrogens is 274 g/mol. The molecule has 1 N–H and O–H groups in total. The highest BCUT2D eigenvalue weighted by Crippen LogP contribution is 2.34. The summed E-state index contributed by atoms with van der Waals surface area (Å²) in [6.07, 6.45) is 0. The van der Waals surface area contributed by atoms with Crippen LogP contribution < -0.4 is 0 Å². The number of hydrogen-bond acceptors (Lipinski definition) is 2. The number of ether oxygens (including phenoxy) is 1. The third-order valence-corrected chi connectivity index (χ3v) is 3.76. The molecule has 4 heteroatoms. The Balaban J connectivity index is 2.39. The van der Waals surface area contributed by atoms with Gasteiger partial charge in [0.05, 0.1) is 28.2 Å². The Labute approximate surface area is 121 Å². The van der Waals surface area contributed by atoms with Crippen LogP contribution in [0.1, 0.15) is 22.8 Å². The zero-order valence-corrected chi connectivity index (χ0v) is 12.0. The lowest BCUT2D eigenvalue weighted by atomic mass is 10.1. The van der Waals surface area contributed by atoms with Gasteiger partial charge in [-0.3, -0.25) is 0 Å². The number of H-pyrrole nitrogens is 1. The summed E-state index contributed by atoms with van der Waals surface area (Å²) >= 11 is 6.31. The molecule has 20 heavy (non-hydrogen) atoms. The van der Waals surface area contributed by atoms with Crippen LogP contribution in [-0.4, -0.2) is 17.6 Å². The Morgan fingerprint density at radius 1 is 1.25 bits per heavy atom. The van der Waals surface area contributed by atoms with Crippen LogP contribution in [0.2, 0.25) is 5.02 Å². The minimum Gasteiger partial charge on any atom is -0.462 e. The van der Waals surface area contributed by atoms with E-state index in [1.165, 1.54) is 0 Å². The van der Waals surface area contributed by atoms with E-state index >= 15 is 0 Å². The minimum absolute atomic E-state index is 0.321. The first-order valence-electron chi connectivity index (χ1n) is 6.50. The Morgan fingerprint density at radius 3 is 2.80 bits per heavy atom. The number of aryl methyl sites for hydroxylation is 1. The zero-order chi connectivity index (χ0) is 14.3. The zero-order valence-electron chi connectivity index (χ0n) is 11.3. The Morgan fingerprint density at radius 2 is 2.05 bits per heavy atom. The molecule has 3 rings (SSSR count). The topological polar surface area (TPSA) is 42.1 Å². The van der Waals surface area contributed by atoms with Crippen molar-refractivity contribution >= 4 is 39.4 Å². The van der Waals surface area contributed by atoms with Gasteiger partial charge in [-0.05, 0) is 31.5 Å². The molecule has 0 atom stereocenters. The number of aromatic amines is 1. The van der Waals surface area contributed by atoms with Gasteiger partial charge in [-0.25, -0.2) is 4.79 Å². The Bertz CT molecular complexity index is 820. The molecule has 0 aliphatic heterocycles. The molecule has 0 fully saturated rings. The van der Waals surface area contributed by atoms with Gasteiger partial charge in [0.2, 0.25) is 0 Å². The van der Waals surface area contributed by atoms with Crippen LogP contribution in [0.3, 0.4) is 0 Å². The average Bonchev–Trinajstić information content (AvgIpc) is 2.83. The quantitative estimate of drug-likeness (QED) is 0.707. The van der Waals surface area contributed by atoms with E-state index in [-0.39, 0.29) is 5.97 Å². The molecule has 1 aromatic heterocycles. The van der Waals surface area contributed by atoms with Gasteiger partial charge in [-0.15, -0.1) is 0 Å². The van der Waals surface area contributed by atoms with Crippen molar-refractivity contribution in [3.8, 4) is 0 Å². The van der Waals surface area contributed by atoms with E-state index in [0.29, 0.717) is 17.2 Å². The molecule has 0 unspecified atom stereocenters. The molecular formula is C16H14ClNO2. The fourth-order valence-corrected chi connectivity index (χ4v) is 2.76. The van der Waals surface area contributed by atoms with Crippen LogP contribution in [0.25, 0.3) is 21.8 Å². The predicted octanol–water partition coefficient (Wildman–Crippen LogP) is 4.46. The summed E-state index contributed by atoms with van der Waals surface area (Å²) in [5, 5.41) is 2.57. The van der Waals surface area contributed by atoms with Crippen LogP contribution in [0.5, 0.6) is 0 Å². The molecule has 0 bridgehead atoms. The summed E-state index contributed by atoms with van der Waals surface area (Å²) in [4.78, 5) is 15.3. The van der Waals surface area contributed by atoms with E-state index in [0.717, 1.165) is 27.4 Å². The molecule has 0 saturated carbocycles. The lowest BCUT2D eigenvalue weighted by molar-refractivity contribution is 0.0528. The molecule has 2 aromatic carbocycles. The van der Waals surface area contributed by atoms with Gasteiger partial charge in [-0.1, -0.05) is 29.8 Å². The molecule has 0 aliphatic carbocycles. The summed E-state index contributed by atoms with van der Waals surface area (Å²) in [6.45, 7) is 4.16. The highest BCUT2D eigenvalue weighted by Gasteiger charge is 2.16. The lowest BCUT2D eigenvalue weighted by Crippen LogP contribution is -2.05. The van der Waals surface area contributed by atoms with Gasteiger partial charge < -0.3 is 9.72 Å². The molecule has 3 aromatic rings. The Hall–Kier alpha value is -2.00. The number of fused-ring (bicyclic) bond motifs is 3. The van der Waals surface area contributed by atoms with Gasteiger partial charge in [0.1, 0.15) is 0 Å². The number of benzene rings is 2. The number of nitrogens with one attached hydrogen (secondary N) is 1. The summed E-state index contributed by atoms with van der Waals surface area (Å²) in [5.41, 5.74) is 3.37. The molecule has 0 amide bonds. The number of hydrogen-bond donors (Lipinski definition) is 1. The molecule has 0 spiro atoms. The predicted molar refractivity (Wildman–Crippen MR) is 81.5 cm³/mol. The minimum atomic E-state index is -0.321. The molecule has 0 radical (unpaired) electrons. The van der Waals surface area contributed by atoms with E-state index in [2.05, 4.69) is 4.98 Å². The first kappa shape index (κ1) is 13.0. The van der Waals surface area contributed by atoms with Crippen molar-refractivity contribution in [1.29, 1.82) is 0 Å². The first-order valence-corrected chi connectivity index (χ1v) is 6.88. The van der Waals surface area contributed by atoms with Crippen molar-refractivity contribution in [2.45, 2.75) is 13.8 Å². The normalized spacial score (nSPS) is 11.2. The van der Waals surface area contributed by atoms with Crippen LogP contribution >= 0.6 is 11.6 Å². The molecule has 1 heterocycles. The third-order valence-electron chi connectivity index (χ3n) is 3.44. The fourth-order valence-electron chi connectivity index (χ4n) is 2.51. The number of carbonyl (C=O) groups excluding carboxylic acids is 1. The summed E-state index contributed by atoms with van der Waals surface area (Å²) in [5.74, 6) is -0.321. The number of carbonyl (C=O) groups is 1. The smallest absolute Gasteiger partial charge is 0.340 e. The van der Waals surface area contributed by atoms with Crippen molar-refractivity contribution in [2.75, 3.05) is 6.61 Å². The number of para-hydroxylation sites is 1. The second-order valence-electron chi connectivity index (χ2n) is 4.69. The number of rotatable bonds is 2. The largest absolute Gasteiger partial charge is 0.462 e. The third kappa shape index (κ3) is 1.86. The van der Waals surface area contributed by atoms with E-state index < -0.39 is 0 Å². The maximum Gasteiger partial charge on any atom is 0.340 e. The molecule has 102 valence electrons.